The van der Waals surface area contributed by atoms with Crippen molar-refractivity contribution >= 4 is 37.8 Å². The van der Waals surface area contributed by atoms with Crippen molar-refractivity contribution in [3.8, 4) is 0 Å². The first kappa shape index (κ1) is 15.6. The van der Waals surface area contributed by atoms with E-state index in [1.165, 1.54) is 12.1 Å². The summed E-state index contributed by atoms with van der Waals surface area (Å²) < 4.78 is 14.3. The third-order valence-electron chi connectivity index (χ3n) is 3.01. The number of benzene rings is 1. The second-order valence-electron chi connectivity index (χ2n) is 4.43. The van der Waals surface area contributed by atoms with Gasteiger partial charge in [0.05, 0.1) is 5.56 Å². The zero-order valence-corrected chi connectivity index (χ0v) is 13.6. The van der Waals surface area contributed by atoms with Crippen LogP contribution in [0.5, 0.6) is 0 Å². The van der Waals surface area contributed by atoms with E-state index in [2.05, 4.69) is 37.2 Å². The Morgan fingerprint density at radius 1 is 1.50 bits per heavy atom. The largest absolute Gasteiger partial charge is 0.347 e. The van der Waals surface area contributed by atoms with Gasteiger partial charge in [-0.05, 0) is 38.0 Å². The van der Waals surface area contributed by atoms with Crippen molar-refractivity contribution in [2.75, 3.05) is 5.33 Å². The van der Waals surface area contributed by atoms with Crippen molar-refractivity contribution in [2.45, 2.75) is 32.2 Å². The predicted octanol–water partition coefficient (Wildman–Crippen LogP) is 4.27. The van der Waals surface area contributed by atoms with Gasteiger partial charge in [-0.1, -0.05) is 38.8 Å². The first-order valence-corrected chi connectivity index (χ1v) is 7.67. The van der Waals surface area contributed by atoms with Gasteiger partial charge in [0.15, 0.2) is 0 Å². The molecule has 1 aromatic carbocycles. The van der Waals surface area contributed by atoms with Gasteiger partial charge in [0.1, 0.15) is 5.82 Å². The molecule has 1 aromatic rings. The average Bonchev–Trinajstić information content (AvgIpc) is 2.32. The molecule has 0 saturated carbocycles. The van der Waals surface area contributed by atoms with E-state index in [-0.39, 0.29) is 17.0 Å². The zero-order chi connectivity index (χ0) is 13.8. The number of rotatable bonds is 5. The van der Waals surface area contributed by atoms with Crippen LogP contribution in [0.15, 0.2) is 22.7 Å². The highest BCUT2D eigenvalue weighted by molar-refractivity contribution is 9.10. The number of alkyl halides is 1. The summed E-state index contributed by atoms with van der Waals surface area (Å²) in [6, 6.07) is 4.35. The smallest absolute Gasteiger partial charge is 0.254 e. The Morgan fingerprint density at radius 3 is 2.72 bits per heavy atom. The molecule has 1 rings (SSSR count). The number of hydrogen-bond acceptors (Lipinski definition) is 1. The number of carbonyl (C=O) groups is 1. The molecule has 1 atom stereocenters. The van der Waals surface area contributed by atoms with Crippen LogP contribution in [0.3, 0.4) is 0 Å². The van der Waals surface area contributed by atoms with Crippen LogP contribution in [-0.4, -0.2) is 16.8 Å². The Morgan fingerprint density at radius 2 is 2.17 bits per heavy atom. The normalized spacial score (nSPS) is 14.1. The fraction of sp³-hybridized carbons (Fsp3) is 0.462. The minimum atomic E-state index is -0.506. The Hall–Kier alpha value is -0.420. The first-order chi connectivity index (χ1) is 8.41. The topological polar surface area (TPSA) is 29.1 Å². The molecule has 0 aliphatic carbocycles. The summed E-state index contributed by atoms with van der Waals surface area (Å²) in [5.41, 5.74) is -0.256. The number of halogens is 3. The molecule has 0 bridgehead atoms. The number of nitrogens with one attached hydrogen (secondary N) is 1. The van der Waals surface area contributed by atoms with Crippen LogP contribution in [0.4, 0.5) is 4.39 Å². The maximum absolute atomic E-state index is 13.6. The Balaban J connectivity index is 2.90. The summed E-state index contributed by atoms with van der Waals surface area (Å²) in [7, 11) is 0. The van der Waals surface area contributed by atoms with Crippen LogP contribution in [0.2, 0.25) is 0 Å². The SMILES string of the molecule is CCC(C)(CCBr)NC(=O)c1cc(Br)ccc1F. The number of amides is 1. The lowest BCUT2D eigenvalue weighted by Crippen LogP contribution is -2.46. The van der Waals surface area contributed by atoms with Gasteiger partial charge >= 0.3 is 0 Å². The minimum absolute atomic E-state index is 0.0682. The van der Waals surface area contributed by atoms with Gasteiger partial charge in [0.2, 0.25) is 0 Å². The lowest BCUT2D eigenvalue weighted by Gasteiger charge is -2.29. The monoisotopic (exact) mass is 379 g/mol. The van der Waals surface area contributed by atoms with Gasteiger partial charge in [0, 0.05) is 15.3 Å². The first-order valence-electron chi connectivity index (χ1n) is 5.75. The molecule has 0 fully saturated rings. The quantitative estimate of drug-likeness (QED) is 0.759. The van der Waals surface area contributed by atoms with E-state index in [1.54, 1.807) is 6.07 Å². The van der Waals surface area contributed by atoms with Gasteiger partial charge in [-0.3, -0.25) is 4.79 Å². The van der Waals surface area contributed by atoms with E-state index in [0.717, 1.165) is 18.2 Å². The lowest BCUT2D eigenvalue weighted by atomic mass is 9.95. The fourth-order valence-electron chi connectivity index (χ4n) is 1.55. The van der Waals surface area contributed by atoms with Gasteiger partial charge in [-0.2, -0.15) is 0 Å². The second-order valence-corrected chi connectivity index (χ2v) is 6.14. The van der Waals surface area contributed by atoms with Crippen LogP contribution < -0.4 is 5.32 Å². The Kier molecular flexibility index (Phi) is 5.79. The summed E-state index contributed by atoms with van der Waals surface area (Å²) in [5, 5.41) is 3.69. The molecular formula is C13H16Br2FNO. The van der Waals surface area contributed by atoms with Gasteiger partial charge < -0.3 is 5.32 Å². The summed E-state index contributed by atoms with van der Waals surface area (Å²) in [6.07, 6.45) is 1.59. The van der Waals surface area contributed by atoms with Crippen molar-refractivity contribution in [1.29, 1.82) is 0 Å². The summed E-state index contributed by atoms with van der Waals surface area (Å²) >= 11 is 6.60. The van der Waals surface area contributed by atoms with Crippen molar-refractivity contribution in [2.24, 2.45) is 0 Å². The van der Waals surface area contributed by atoms with Gasteiger partial charge in [-0.25, -0.2) is 4.39 Å². The molecule has 5 heteroatoms. The highest BCUT2D eigenvalue weighted by Gasteiger charge is 2.25. The molecule has 100 valence electrons. The van der Waals surface area contributed by atoms with Crippen molar-refractivity contribution in [3.63, 3.8) is 0 Å². The number of carbonyl (C=O) groups excluding carboxylic acids is 1. The Bertz CT molecular complexity index is 439. The molecule has 0 saturated heterocycles. The predicted molar refractivity (Wildman–Crippen MR) is 78.7 cm³/mol. The second kappa shape index (κ2) is 6.66. The van der Waals surface area contributed by atoms with Crippen LogP contribution in [0.1, 0.15) is 37.0 Å². The van der Waals surface area contributed by atoms with Gasteiger partial charge in [0.25, 0.3) is 5.91 Å². The van der Waals surface area contributed by atoms with Crippen LogP contribution in [-0.2, 0) is 0 Å². The number of hydrogen-bond donors (Lipinski definition) is 1. The molecule has 1 unspecified atom stereocenters. The molecule has 0 aliphatic rings. The summed E-state index contributed by atoms with van der Waals surface area (Å²) in [5.74, 6) is -0.882. The van der Waals surface area contributed by atoms with E-state index >= 15 is 0 Å². The summed E-state index contributed by atoms with van der Waals surface area (Å²) in [6.45, 7) is 3.96. The lowest BCUT2D eigenvalue weighted by molar-refractivity contribution is 0.0897. The zero-order valence-electron chi connectivity index (χ0n) is 10.4. The minimum Gasteiger partial charge on any atom is -0.347 e. The summed E-state index contributed by atoms with van der Waals surface area (Å²) in [4.78, 5) is 12.1. The van der Waals surface area contributed by atoms with E-state index in [9.17, 15) is 9.18 Å². The third-order valence-corrected chi connectivity index (χ3v) is 3.90. The molecule has 18 heavy (non-hydrogen) atoms. The average molecular weight is 381 g/mol. The molecule has 0 heterocycles. The maximum atomic E-state index is 13.6. The van der Waals surface area contributed by atoms with Crippen molar-refractivity contribution in [1.82, 2.24) is 5.32 Å². The maximum Gasteiger partial charge on any atom is 0.254 e. The molecule has 0 aliphatic heterocycles. The highest BCUT2D eigenvalue weighted by atomic mass is 79.9. The van der Waals surface area contributed by atoms with Crippen molar-refractivity contribution in [3.05, 3.63) is 34.1 Å². The molecule has 0 aromatic heterocycles. The Labute approximate surface area is 124 Å². The highest BCUT2D eigenvalue weighted by Crippen LogP contribution is 2.19. The standard InChI is InChI=1S/C13H16Br2FNO/c1-3-13(2,6-7-14)17-12(18)10-8-9(15)4-5-11(10)16/h4-5,8H,3,6-7H2,1-2H3,(H,17,18). The molecule has 0 spiro atoms. The molecule has 1 amide bonds. The van der Waals surface area contributed by atoms with E-state index in [4.69, 9.17) is 0 Å². The van der Waals surface area contributed by atoms with Crippen molar-refractivity contribution < 1.29 is 9.18 Å². The molecule has 0 radical (unpaired) electrons. The van der Waals surface area contributed by atoms with E-state index < -0.39 is 5.82 Å². The van der Waals surface area contributed by atoms with Crippen LogP contribution >= 0.6 is 31.9 Å². The van der Waals surface area contributed by atoms with Crippen LogP contribution in [0.25, 0.3) is 0 Å². The molecular weight excluding hydrogens is 365 g/mol. The third kappa shape index (κ3) is 4.05. The van der Waals surface area contributed by atoms with Crippen LogP contribution in [0, 0.1) is 5.82 Å². The van der Waals surface area contributed by atoms with E-state index in [1.807, 2.05) is 13.8 Å². The molecule has 1 N–H and O–H groups in total. The van der Waals surface area contributed by atoms with Gasteiger partial charge in [-0.15, -0.1) is 0 Å². The fourth-order valence-corrected chi connectivity index (χ4v) is 2.79. The van der Waals surface area contributed by atoms with E-state index in [0.29, 0.717) is 4.47 Å². The molecule has 2 nitrogen and oxygen atoms in total.